The van der Waals surface area contributed by atoms with Crippen molar-refractivity contribution in [1.82, 2.24) is 34.5 Å². The molecule has 0 aliphatic heterocycles. The number of hydrogen-bond donors (Lipinski definition) is 0. The predicted molar refractivity (Wildman–Crippen MR) is 400 cm³/mol. The minimum atomic E-state index is -0.198. The number of fused-ring (bicyclic) bond motifs is 4. The van der Waals surface area contributed by atoms with Crippen LogP contribution in [-0.2, 0) is 56.6 Å². The molecule has 9 heteroatoms. The van der Waals surface area contributed by atoms with Crippen LogP contribution < -0.4 is 0 Å². The number of imidazole rings is 1. The Bertz CT molecular complexity index is 4840. The zero-order valence-corrected chi connectivity index (χ0v) is 61.6. The molecular weight excluding hydrogens is 1380 g/mol. The standard InChI is InChI=1S/C48H48N5O.C41H42N2.Ir/c1-28(2)36-26-32(30-22-24-31(25-23-30)43-50-45(47(5,6)7)52-46(51-43)48(8,9)10)27-37(29(3)4)41(36)53-39-20-13-12-19-38(39)49-44(53)35-18-15-17-34-33-16-11-14-21-40(33)54-42(34)35;1-30-7-16-36(17-8-30)40-20-15-32(29-43-40)10-12-34-26-33(27-38(28-34)35-21-23-41(2,3)24-22-35)11-9-31-13-18-37(19-14-31)39-6-4-5-25-42-39;/h11-17,19-29H,1-10H3;4-8,13-16,18,20,25-29,35H,9-12,21-24H2,1-3H3;/q-1;-2;+3. The van der Waals surface area contributed by atoms with E-state index in [4.69, 9.17) is 29.3 Å². The molecule has 8 aromatic carbocycles. The third-order valence-electron chi connectivity index (χ3n) is 19.4. The molecule has 8 nitrogen and oxygen atoms in total. The van der Waals surface area contributed by atoms with E-state index in [1.807, 2.05) is 54.9 Å². The fraction of sp³-hybridized carbons (Fsp3) is 0.303. The van der Waals surface area contributed by atoms with E-state index in [0.29, 0.717) is 17.2 Å². The summed E-state index contributed by atoms with van der Waals surface area (Å²) in [4.78, 5) is 29.3. The maximum atomic E-state index is 6.55. The van der Waals surface area contributed by atoms with Crippen LogP contribution in [0.3, 0.4) is 0 Å². The molecule has 5 heterocycles. The molecule has 0 N–H and O–H groups in total. The fourth-order valence-electron chi connectivity index (χ4n) is 13.6. The molecule has 0 spiro atoms. The molecule has 0 atom stereocenters. The molecule has 98 heavy (non-hydrogen) atoms. The third kappa shape index (κ3) is 15.3. The first-order valence-corrected chi connectivity index (χ1v) is 34.9. The second kappa shape index (κ2) is 28.8. The van der Waals surface area contributed by atoms with Crippen LogP contribution in [0.5, 0.6) is 0 Å². The zero-order chi connectivity index (χ0) is 67.8. The predicted octanol–water partition coefficient (Wildman–Crippen LogP) is 22.7. The SMILES string of the molecule is CC(C)c1cc(-c2ccc(-c3nc(C(C)(C)C)nc(C(C)(C)C)n3)cc2)cc(C(C)C)c1-n1c(-c2[c-]ccc3c2oc2ccccc23)nc2ccccc21.Cc1c[c-]c(-c2ccc(CCc3cc(CCc4c[c-]c(-c5ccccn5)cc4)cc(C4CCC(C)(C)CC4)c3)cn2)cc1.[Ir+3]. The number of aryl methyl sites for hydroxylation is 5. The van der Waals surface area contributed by atoms with Gasteiger partial charge in [-0.2, -0.15) is 0 Å². The van der Waals surface area contributed by atoms with Crippen LogP contribution in [0.4, 0.5) is 0 Å². The van der Waals surface area contributed by atoms with Gasteiger partial charge in [-0.3, -0.25) is 4.98 Å². The topological polar surface area (TPSA) is 95.4 Å². The summed E-state index contributed by atoms with van der Waals surface area (Å²) in [6, 6.07) is 75.1. The molecule has 0 amide bonds. The maximum absolute atomic E-state index is 6.55. The largest absolute Gasteiger partial charge is 3.00 e. The summed E-state index contributed by atoms with van der Waals surface area (Å²) in [5.74, 6) is 4.28. The van der Waals surface area contributed by atoms with Crippen LogP contribution >= 0.6 is 0 Å². The van der Waals surface area contributed by atoms with E-state index in [9.17, 15) is 0 Å². The van der Waals surface area contributed by atoms with E-state index in [1.54, 1.807) is 5.56 Å². The Hall–Kier alpha value is -9.01. The molecular formula is C89H90IrN7O. The summed E-state index contributed by atoms with van der Waals surface area (Å²) in [6.07, 6.45) is 13.2. The molecule has 1 aliphatic rings. The van der Waals surface area contributed by atoms with Gasteiger partial charge in [0, 0.05) is 39.9 Å². The maximum Gasteiger partial charge on any atom is 3.00 e. The van der Waals surface area contributed by atoms with Crippen molar-refractivity contribution in [2.24, 2.45) is 5.41 Å². The van der Waals surface area contributed by atoms with Gasteiger partial charge < -0.3 is 19.0 Å². The molecule has 13 aromatic rings. The van der Waals surface area contributed by atoms with E-state index >= 15 is 0 Å². The van der Waals surface area contributed by atoms with Crippen molar-refractivity contribution in [2.75, 3.05) is 0 Å². The van der Waals surface area contributed by atoms with Crippen LogP contribution in [-0.4, -0.2) is 34.5 Å². The van der Waals surface area contributed by atoms with E-state index in [2.05, 4.69) is 257 Å². The zero-order valence-electron chi connectivity index (χ0n) is 59.2. The molecule has 0 radical (unpaired) electrons. The van der Waals surface area contributed by atoms with Gasteiger partial charge in [0.05, 0.1) is 22.4 Å². The van der Waals surface area contributed by atoms with Crippen molar-refractivity contribution in [3.05, 3.63) is 269 Å². The molecule has 14 rings (SSSR count). The number of nitrogens with zero attached hydrogens (tertiary/aromatic N) is 7. The Labute approximate surface area is 594 Å². The summed E-state index contributed by atoms with van der Waals surface area (Å²) in [7, 11) is 0. The first-order chi connectivity index (χ1) is 46.6. The number of pyridine rings is 2. The van der Waals surface area contributed by atoms with Crippen molar-refractivity contribution < 1.29 is 24.5 Å². The molecule has 1 aliphatic carbocycles. The minimum Gasteiger partial charge on any atom is -0.501 e. The van der Waals surface area contributed by atoms with E-state index in [1.165, 1.54) is 75.9 Å². The van der Waals surface area contributed by atoms with E-state index in [-0.39, 0.29) is 42.8 Å². The minimum absolute atomic E-state index is 0. The van der Waals surface area contributed by atoms with Gasteiger partial charge in [0.2, 0.25) is 0 Å². The summed E-state index contributed by atoms with van der Waals surface area (Å²) in [6.45, 7) is 29.0. The quantitative estimate of drug-likeness (QED) is 0.0944. The number of para-hydroxylation sites is 3. The van der Waals surface area contributed by atoms with Crippen molar-refractivity contribution in [3.63, 3.8) is 0 Å². The Kier molecular flexibility index (Phi) is 20.3. The van der Waals surface area contributed by atoms with Gasteiger partial charge in [-0.05, 0) is 160 Å². The van der Waals surface area contributed by atoms with Gasteiger partial charge in [-0.15, -0.1) is 89.0 Å². The summed E-state index contributed by atoms with van der Waals surface area (Å²) in [5.41, 5.74) is 23.9. The Morgan fingerprint density at radius 2 is 1.15 bits per heavy atom. The number of rotatable bonds is 15. The number of hydrogen-bond acceptors (Lipinski definition) is 7. The van der Waals surface area contributed by atoms with Crippen LogP contribution in [0.15, 0.2) is 199 Å². The Morgan fingerprint density at radius 1 is 0.551 bits per heavy atom. The monoisotopic (exact) mass is 1470 g/mol. The average molecular weight is 1470 g/mol. The molecule has 5 aromatic heterocycles. The summed E-state index contributed by atoms with van der Waals surface area (Å²) >= 11 is 0. The van der Waals surface area contributed by atoms with Gasteiger partial charge in [-0.25, -0.2) is 15.0 Å². The van der Waals surface area contributed by atoms with Crippen molar-refractivity contribution in [2.45, 2.75) is 170 Å². The molecule has 0 saturated heterocycles. The molecule has 496 valence electrons. The number of aromatic nitrogens is 7. The summed E-state index contributed by atoms with van der Waals surface area (Å²) in [5, 5.41) is 2.15. The van der Waals surface area contributed by atoms with Crippen LogP contribution in [0.2, 0.25) is 0 Å². The number of furan rings is 1. The Morgan fingerprint density at radius 3 is 1.77 bits per heavy atom. The average Bonchev–Trinajstić information content (AvgIpc) is 1.53. The Balaban J connectivity index is 0.000000189. The third-order valence-corrected chi connectivity index (χ3v) is 19.4. The first kappa shape index (κ1) is 68.9. The second-order valence-corrected chi connectivity index (χ2v) is 30.3. The molecule has 0 bridgehead atoms. The fourth-order valence-corrected chi connectivity index (χ4v) is 13.6. The van der Waals surface area contributed by atoms with Crippen molar-refractivity contribution in [1.29, 1.82) is 0 Å². The van der Waals surface area contributed by atoms with Crippen LogP contribution in [0.1, 0.15) is 183 Å². The van der Waals surface area contributed by atoms with Crippen LogP contribution in [0, 0.1) is 30.5 Å². The first-order valence-electron chi connectivity index (χ1n) is 34.9. The van der Waals surface area contributed by atoms with Gasteiger partial charge >= 0.3 is 20.1 Å². The summed E-state index contributed by atoms with van der Waals surface area (Å²) < 4.78 is 8.90. The molecule has 0 unspecified atom stereocenters. The normalized spacial score (nSPS) is 13.5. The molecule has 1 saturated carbocycles. The smallest absolute Gasteiger partial charge is 0.501 e. The van der Waals surface area contributed by atoms with Gasteiger partial charge in [0.25, 0.3) is 0 Å². The van der Waals surface area contributed by atoms with E-state index in [0.717, 1.165) is 115 Å². The van der Waals surface area contributed by atoms with Crippen LogP contribution in [0.25, 0.3) is 95.1 Å². The van der Waals surface area contributed by atoms with Gasteiger partial charge in [-0.1, -0.05) is 204 Å². The van der Waals surface area contributed by atoms with E-state index < -0.39 is 0 Å². The van der Waals surface area contributed by atoms with Crippen molar-refractivity contribution in [3.8, 4) is 62.1 Å². The van der Waals surface area contributed by atoms with Crippen molar-refractivity contribution >= 4 is 33.0 Å². The molecule has 1 fully saturated rings. The van der Waals surface area contributed by atoms with Gasteiger partial charge in [0.1, 0.15) is 17.2 Å². The number of benzene rings is 8. The van der Waals surface area contributed by atoms with Gasteiger partial charge in [0.15, 0.2) is 5.82 Å². The second-order valence-electron chi connectivity index (χ2n) is 30.3.